The van der Waals surface area contributed by atoms with Crippen LogP contribution in [0.5, 0.6) is 0 Å². The fraction of sp³-hybridized carbons (Fsp3) is 0.684. The molecule has 0 spiro atoms. The Morgan fingerprint density at radius 3 is 1.80 bits per heavy atom. The van der Waals surface area contributed by atoms with Crippen molar-refractivity contribution in [2.75, 3.05) is 6.61 Å². The van der Waals surface area contributed by atoms with Crippen LogP contribution in [0.3, 0.4) is 0 Å². The lowest BCUT2D eigenvalue weighted by Gasteiger charge is -2.67. The van der Waals surface area contributed by atoms with E-state index < -0.39 is 28.7 Å². The largest absolute Gasteiger partial charge is 0.415 e. The van der Waals surface area contributed by atoms with Crippen molar-refractivity contribution in [1.82, 2.24) is 0 Å². The molecule has 0 aromatic rings. The van der Waals surface area contributed by atoms with E-state index >= 15 is 0 Å². The number of carbonyl (C=O) groups excluding carboxylic acids is 2. The molecule has 6 nitrogen and oxygen atoms in total. The third-order valence-electron chi connectivity index (χ3n) is 6.06. The van der Waals surface area contributed by atoms with Crippen molar-refractivity contribution in [3.05, 3.63) is 24.3 Å². The second kappa shape index (κ2) is 5.68. The summed E-state index contributed by atoms with van der Waals surface area (Å²) in [6.07, 6.45) is 2.80. The molecule has 0 amide bonds. The third-order valence-corrected chi connectivity index (χ3v) is 6.06. The number of aliphatic hydroxyl groups is 2. The van der Waals surface area contributed by atoms with E-state index in [9.17, 15) is 19.8 Å². The summed E-state index contributed by atoms with van der Waals surface area (Å²) >= 11 is 0. The molecule has 0 saturated heterocycles. The van der Waals surface area contributed by atoms with E-state index in [4.69, 9.17) is 9.47 Å². The Kier molecular flexibility index (Phi) is 4.12. The standard InChI is InChI=1S/C19H26O6/c1-11(2)15(21)24-19(25-16(22)12(3)4)17(10-20)6-13-5-14(7-17)9-18(19,23)8-13/h13-14,20,23H,1,3,5-10H2,2,4H3. The maximum Gasteiger partial charge on any atom is 0.336 e. The van der Waals surface area contributed by atoms with Crippen molar-refractivity contribution in [3.8, 4) is 0 Å². The zero-order valence-corrected chi connectivity index (χ0v) is 14.8. The van der Waals surface area contributed by atoms with Gasteiger partial charge in [-0.2, -0.15) is 0 Å². The van der Waals surface area contributed by atoms with Crippen LogP contribution in [0, 0.1) is 17.3 Å². The number of ether oxygens (including phenoxy) is 2. The van der Waals surface area contributed by atoms with Gasteiger partial charge in [-0.3, -0.25) is 0 Å². The van der Waals surface area contributed by atoms with Crippen LogP contribution in [0.2, 0.25) is 0 Å². The quantitative estimate of drug-likeness (QED) is 0.447. The molecule has 138 valence electrons. The molecule has 6 heteroatoms. The Bertz CT molecular complexity index is 606. The maximum atomic E-state index is 12.4. The van der Waals surface area contributed by atoms with Crippen molar-refractivity contribution >= 4 is 11.9 Å². The first-order chi connectivity index (χ1) is 11.6. The minimum absolute atomic E-state index is 0.135. The summed E-state index contributed by atoms with van der Waals surface area (Å²) in [6, 6.07) is 0. The van der Waals surface area contributed by atoms with Gasteiger partial charge in [-0.05, 0) is 57.8 Å². The van der Waals surface area contributed by atoms with Crippen LogP contribution in [0.25, 0.3) is 0 Å². The molecule has 0 aliphatic heterocycles. The van der Waals surface area contributed by atoms with E-state index in [-0.39, 0.29) is 29.6 Å². The molecule has 0 heterocycles. The molecule has 25 heavy (non-hydrogen) atoms. The summed E-state index contributed by atoms with van der Waals surface area (Å²) < 4.78 is 11.3. The SMILES string of the molecule is C=C(C)C(=O)OC1(OC(=O)C(=C)C)C2(O)CC3CC(C2)CC1(CO)C3. The van der Waals surface area contributed by atoms with Gasteiger partial charge in [0.05, 0.1) is 12.0 Å². The first-order valence-corrected chi connectivity index (χ1v) is 8.69. The Labute approximate surface area is 147 Å². The highest BCUT2D eigenvalue weighted by molar-refractivity contribution is 5.89. The highest BCUT2D eigenvalue weighted by Gasteiger charge is 2.77. The van der Waals surface area contributed by atoms with Gasteiger partial charge in [-0.25, -0.2) is 9.59 Å². The number of carbonyl (C=O) groups is 2. The van der Waals surface area contributed by atoms with E-state index in [2.05, 4.69) is 13.2 Å². The lowest BCUT2D eigenvalue weighted by atomic mass is 9.44. The molecule has 4 aliphatic carbocycles. The number of esters is 2. The maximum absolute atomic E-state index is 12.4. The van der Waals surface area contributed by atoms with Gasteiger partial charge in [0.15, 0.2) is 0 Å². The molecule has 2 N–H and O–H groups in total. The number of hydrogen-bond acceptors (Lipinski definition) is 6. The van der Waals surface area contributed by atoms with Crippen LogP contribution in [0.15, 0.2) is 24.3 Å². The molecule has 0 radical (unpaired) electrons. The fourth-order valence-electron chi connectivity index (χ4n) is 5.30. The predicted molar refractivity (Wildman–Crippen MR) is 89.1 cm³/mol. The van der Waals surface area contributed by atoms with Gasteiger partial charge in [-0.15, -0.1) is 0 Å². The first kappa shape index (κ1) is 18.1. The first-order valence-electron chi connectivity index (χ1n) is 8.69. The fourth-order valence-corrected chi connectivity index (χ4v) is 5.30. The summed E-state index contributed by atoms with van der Waals surface area (Å²) in [5.41, 5.74) is -2.26. The number of aliphatic hydroxyl groups excluding tert-OH is 1. The minimum atomic E-state index is -1.92. The Morgan fingerprint density at radius 1 is 1.00 bits per heavy atom. The molecule has 4 rings (SSSR count). The van der Waals surface area contributed by atoms with Crippen molar-refractivity contribution in [3.63, 3.8) is 0 Å². The summed E-state index contributed by atoms with van der Waals surface area (Å²) in [5.74, 6) is -2.99. The van der Waals surface area contributed by atoms with Crippen LogP contribution in [-0.4, -0.2) is 40.1 Å². The van der Waals surface area contributed by atoms with Gasteiger partial charge < -0.3 is 19.7 Å². The minimum Gasteiger partial charge on any atom is -0.415 e. The average Bonchev–Trinajstić information content (AvgIpc) is 2.50. The molecule has 2 atom stereocenters. The van der Waals surface area contributed by atoms with E-state index in [0.717, 1.165) is 6.42 Å². The van der Waals surface area contributed by atoms with Crippen molar-refractivity contribution in [2.24, 2.45) is 17.3 Å². The lowest BCUT2D eigenvalue weighted by molar-refractivity contribution is -0.396. The van der Waals surface area contributed by atoms with Crippen LogP contribution >= 0.6 is 0 Å². The lowest BCUT2D eigenvalue weighted by Crippen LogP contribution is -2.77. The molecule has 4 aliphatic rings. The normalized spacial score (nSPS) is 37.4. The Morgan fingerprint density at radius 2 is 1.44 bits per heavy atom. The molecular formula is C19H26O6. The van der Waals surface area contributed by atoms with Gasteiger partial charge in [0, 0.05) is 11.1 Å². The van der Waals surface area contributed by atoms with Crippen molar-refractivity contribution in [1.29, 1.82) is 0 Å². The number of rotatable bonds is 5. The van der Waals surface area contributed by atoms with Crippen LogP contribution < -0.4 is 0 Å². The predicted octanol–water partition coefficient (Wildman–Crippen LogP) is 1.85. The van der Waals surface area contributed by atoms with E-state index in [0.29, 0.717) is 25.7 Å². The summed E-state index contributed by atoms with van der Waals surface area (Å²) in [7, 11) is 0. The van der Waals surface area contributed by atoms with E-state index in [1.165, 1.54) is 13.8 Å². The van der Waals surface area contributed by atoms with Gasteiger partial charge in [0.1, 0.15) is 5.60 Å². The summed E-state index contributed by atoms with van der Waals surface area (Å²) in [4.78, 5) is 24.7. The van der Waals surface area contributed by atoms with Crippen molar-refractivity contribution in [2.45, 2.75) is 57.3 Å². The van der Waals surface area contributed by atoms with Gasteiger partial charge in [-0.1, -0.05) is 13.2 Å². The molecule has 4 bridgehead atoms. The molecule has 0 aromatic carbocycles. The Hall–Kier alpha value is -1.66. The van der Waals surface area contributed by atoms with Gasteiger partial charge in [0.2, 0.25) is 0 Å². The monoisotopic (exact) mass is 350 g/mol. The topological polar surface area (TPSA) is 93.1 Å². The number of hydrogen-bond donors (Lipinski definition) is 2. The molecule has 2 unspecified atom stereocenters. The van der Waals surface area contributed by atoms with Crippen LogP contribution in [0.4, 0.5) is 0 Å². The summed E-state index contributed by atoms with van der Waals surface area (Å²) in [6.45, 7) is 9.80. The summed E-state index contributed by atoms with van der Waals surface area (Å²) in [5, 5.41) is 21.7. The molecule has 4 saturated carbocycles. The van der Waals surface area contributed by atoms with Crippen molar-refractivity contribution < 1.29 is 29.3 Å². The third kappa shape index (κ3) is 2.46. The zero-order valence-electron chi connectivity index (χ0n) is 14.8. The smallest absolute Gasteiger partial charge is 0.336 e. The van der Waals surface area contributed by atoms with Gasteiger partial charge in [0.25, 0.3) is 5.79 Å². The highest BCUT2D eigenvalue weighted by atomic mass is 16.7. The average molecular weight is 350 g/mol. The second-order valence-corrected chi connectivity index (χ2v) is 8.21. The van der Waals surface area contributed by atoms with E-state index in [1.54, 1.807) is 0 Å². The zero-order chi connectivity index (χ0) is 18.6. The van der Waals surface area contributed by atoms with Gasteiger partial charge >= 0.3 is 11.9 Å². The second-order valence-electron chi connectivity index (χ2n) is 8.21. The van der Waals surface area contributed by atoms with E-state index in [1.807, 2.05) is 0 Å². The Balaban J connectivity index is 2.13. The van der Waals surface area contributed by atoms with Crippen LogP contribution in [-0.2, 0) is 19.1 Å². The molecule has 4 fully saturated rings. The molecule has 0 aromatic heterocycles. The van der Waals surface area contributed by atoms with Crippen LogP contribution in [0.1, 0.15) is 46.0 Å². The molecular weight excluding hydrogens is 324 g/mol. The highest BCUT2D eigenvalue weighted by Crippen LogP contribution is 2.67.